The highest BCUT2D eigenvalue weighted by molar-refractivity contribution is 5.92. The van der Waals surface area contributed by atoms with Gasteiger partial charge in [0.15, 0.2) is 0 Å². The quantitative estimate of drug-likeness (QED) is 0.709. The monoisotopic (exact) mass is 399 g/mol. The first-order valence-electron chi connectivity index (χ1n) is 11.4. The fraction of sp³-hybridized carbons (Fsp3) is 0.667. The summed E-state index contributed by atoms with van der Waals surface area (Å²) >= 11 is 0. The molecule has 0 aliphatic carbocycles. The highest BCUT2D eigenvalue weighted by Crippen LogP contribution is 2.26. The summed E-state index contributed by atoms with van der Waals surface area (Å²) in [5, 5.41) is 0. The molecule has 29 heavy (non-hydrogen) atoms. The predicted octanol–water partition coefficient (Wildman–Crippen LogP) is 4.46. The van der Waals surface area contributed by atoms with Crippen molar-refractivity contribution < 1.29 is 9.59 Å². The van der Waals surface area contributed by atoms with Crippen LogP contribution in [0.15, 0.2) is 24.3 Å². The number of nitrogens with zero attached hydrogens (tertiary/aromatic N) is 3. The lowest BCUT2D eigenvalue weighted by molar-refractivity contribution is -0.134. The van der Waals surface area contributed by atoms with Gasteiger partial charge in [-0.1, -0.05) is 13.8 Å². The molecule has 160 valence electrons. The maximum atomic E-state index is 12.8. The van der Waals surface area contributed by atoms with Gasteiger partial charge in [0.1, 0.15) is 0 Å². The van der Waals surface area contributed by atoms with E-state index in [4.69, 9.17) is 0 Å². The van der Waals surface area contributed by atoms with E-state index >= 15 is 0 Å². The van der Waals surface area contributed by atoms with Gasteiger partial charge in [0.2, 0.25) is 11.8 Å². The first kappa shape index (κ1) is 21.7. The largest absolute Gasteiger partial charge is 0.372 e. The third-order valence-corrected chi connectivity index (χ3v) is 6.66. The van der Waals surface area contributed by atoms with E-state index < -0.39 is 0 Å². The van der Waals surface area contributed by atoms with Crippen LogP contribution in [0.25, 0.3) is 0 Å². The van der Waals surface area contributed by atoms with Gasteiger partial charge >= 0.3 is 0 Å². The van der Waals surface area contributed by atoms with Crippen LogP contribution in [0.3, 0.4) is 0 Å². The lowest BCUT2D eigenvalue weighted by Crippen LogP contribution is -2.44. The van der Waals surface area contributed by atoms with E-state index in [1.54, 1.807) is 11.8 Å². The van der Waals surface area contributed by atoms with Gasteiger partial charge in [0.25, 0.3) is 0 Å². The van der Waals surface area contributed by atoms with Crippen molar-refractivity contribution in [1.82, 2.24) is 4.90 Å². The topological polar surface area (TPSA) is 43.9 Å². The zero-order valence-corrected chi connectivity index (χ0v) is 18.4. The predicted molar refractivity (Wildman–Crippen MR) is 119 cm³/mol. The minimum Gasteiger partial charge on any atom is -0.372 e. The van der Waals surface area contributed by atoms with Gasteiger partial charge in [-0.25, -0.2) is 0 Å². The molecule has 1 unspecified atom stereocenters. The molecule has 2 fully saturated rings. The Morgan fingerprint density at radius 3 is 2.34 bits per heavy atom. The number of carbonyl (C=O) groups excluding carboxylic acids is 2. The van der Waals surface area contributed by atoms with Crippen LogP contribution in [-0.2, 0) is 9.59 Å². The van der Waals surface area contributed by atoms with Crippen LogP contribution < -0.4 is 9.80 Å². The summed E-state index contributed by atoms with van der Waals surface area (Å²) in [5.41, 5.74) is 2.10. The third kappa shape index (κ3) is 5.52. The number of hydrogen-bond donors (Lipinski definition) is 0. The van der Waals surface area contributed by atoms with E-state index in [2.05, 4.69) is 30.9 Å². The number of benzene rings is 1. The van der Waals surface area contributed by atoms with E-state index in [1.165, 1.54) is 24.9 Å². The van der Waals surface area contributed by atoms with E-state index in [0.29, 0.717) is 19.0 Å². The van der Waals surface area contributed by atoms with Gasteiger partial charge in [0.05, 0.1) is 0 Å². The Morgan fingerprint density at radius 1 is 1.03 bits per heavy atom. The summed E-state index contributed by atoms with van der Waals surface area (Å²) in [6.45, 7) is 9.56. The van der Waals surface area contributed by atoms with Crippen molar-refractivity contribution in [1.29, 1.82) is 0 Å². The fourth-order valence-electron chi connectivity index (χ4n) is 4.68. The van der Waals surface area contributed by atoms with Gasteiger partial charge in [-0.3, -0.25) is 9.59 Å². The highest BCUT2D eigenvalue weighted by atomic mass is 16.2. The smallest absolute Gasteiger partial charge is 0.224 e. The highest BCUT2D eigenvalue weighted by Gasteiger charge is 2.26. The number of hydrogen-bond acceptors (Lipinski definition) is 3. The summed E-state index contributed by atoms with van der Waals surface area (Å²) in [4.78, 5) is 31.3. The number of likely N-dealkylation sites (tertiary alicyclic amines) is 1. The molecule has 0 aromatic heterocycles. The number of rotatable bonds is 6. The van der Waals surface area contributed by atoms with Crippen LogP contribution in [0.4, 0.5) is 11.4 Å². The molecule has 2 amide bonds. The average molecular weight is 400 g/mol. The lowest BCUT2D eigenvalue weighted by atomic mass is 9.99. The maximum Gasteiger partial charge on any atom is 0.224 e. The van der Waals surface area contributed by atoms with Crippen molar-refractivity contribution in [3.8, 4) is 0 Å². The fourth-order valence-corrected chi connectivity index (χ4v) is 4.68. The zero-order chi connectivity index (χ0) is 20.8. The van der Waals surface area contributed by atoms with Crippen molar-refractivity contribution in [3.05, 3.63) is 24.3 Å². The number of amides is 2. The first-order valence-corrected chi connectivity index (χ1v) is 11.4. The van der Waals surface area contributed by atoms with E-state index in [0.717, 1.165) is 50.5 Å². The molecular formula is C24H37N3O2. The Kier molecular flexibility index (Phi) is 7.57. The Balaban J connectivity index is 1.60. The second-order valence-electron chi connectivity index (χ2n) is 8.75. The van der Waals surface area contributed by atoms with Gasteiger partial charge in [-0.05, 0) is 68.7 Å². The number of piperidine rings is 2. The summed E-state index contributed by atoms with van der Waals surface area (Å²) in [6, 6.07) is 8.64. The maximum absolute atomic E-state index is 12.8. The number of anilines is 2. The Hall–Kier alpha value is -2.04. The molecule has 2 aliphatic rings. The molecule has 1 atom stereocenters. The van der Waals surface area contributed by atoms with Crippen molar-refractivity contribution in [2.45, 2.75) is 71.8 Å². The van der Waals surface area contributed by atoms with Gasteiger partial charge in [-0.2, -0.15) is 0 Å². The second kappa shape index (κ2) is 10.1. The van der Waals surface area contributed by atoms with E-state index in [1.807, 2.05) is 17.0 Å². The molecule has 1 aromatic rings. The van der Waals surface area contributed by atoms with Crippen LogP contribution in [0.5, 0.6) is 0 Å². The van der Waals surface area contributed by atoms with E-state index in [9.17, 15) is 9.59 Å². The molecule has 0 bridgehead atoms. The molecule has 5 nitrogen and oxygen atoms in total. The molecule has 2 saturated heterocycles. The standard InChI is InChI=1S/C24H37N3O2/c1-4-21-7-5-6-15-27(21)24(29)14-18-26(20(3)28)23-10-8-22(9-11-23)25-16-12-19(2)13-17-25/h8-11,19,21H,4-7,12-18H2,1-3H3. The Morgan fingerprint density at radius 2 is 1.72 bits per heavy atom. The van der Waals surface area contributed by atoms with Crippen LogP contribution in [0.1, 0.15) is 65.7 Å². The van der Waals surface area contributed by atoms with Crippen molar-refractivity contribution in [2.75, 3.05) is 36.0 Å². The first-order chi connectivity index (χ1) is 14.0. The minimum absolute atomic E-state index is 0.0111. The average Bonchev–Trinajstić information content (AvgIpc) is 2.74. The van der Waals surface area contributed by atoms with E-state index in [-0.39, 0.29) is 11.8 Å². The molecular weight excluding hydrogens is 362 g/mol. The summed E-state index contributed by atoms with van der Waals surface area (Å²) in [6.07, 6.45) is 7.28. The van der Waals surface area contributed by atoms with Crippen LogP contribution >= 0.6 is 0 Å². The third-order valence-electron chi connectivity index (χ3n) is 6.66. The Labute approximate surface area is 176 Å². The molecule has 2 aliphatic heterocycles. The molecule has 0 radical (unpaired) electrons. The molecule has 0 saturated carbocycles. The van der Waals surface area contributed by atoms with Crippen molar-refractivity contribution in [2.24, 2.45) is 5.92 Å². The normalized spacial score (nSPS) is 20.6. The lowest BCUT2D eigenvalue weighted by Gasteiger charge is -2.36. The van der Waals surface area contributed by atoms with Gasteiger partial charge in [0, 0.05) is 56.9 Å². The minimum atomic E-state index is -0.0111. The summed E-state index contributed by atoms with van der Waals surface area (Å²) in [7, 11) is 0. The molecule has 3 rings (SSSR count). The SMILES string of the molecule is CCC1CCCCN1C(=O)CCN(C(C)=O)c1ccc(N2CCC(C)CC2)cc1. The second-order valence-corrected chi connectivity index (χ2v) is 8.75. The number of carbonyl (C=O) groups is 2. The van der Waals surface area contributed by atoms with Crippen LogP contribution in [-0.4, -0.2) is 48.9 Å². The molecule has 5 heteroatoms. The molecule has 1 aromatic carbocycles. The van der Waals surface area contributed by atoms with Gasteiger partial charge in [-0.15, -0.1) is 0 Å². The van der Waals surface area contributed by atoms with Crippen LogP contribution in [0, 0.1) is 5.92 Å². The molecule has 0 N–H and O–H groups in total. The molecule has 0 spiro atoms. The van der Waals surface area contributed by atoms with Crippen molar-refractivity contribution in [3.63, 3.8) is 0 Å². The van der Waals surface area contributed by atoms with Crippen LogP contribution in [0.2, 0.25) is 0 Å². The Bertz CT molecular complexity index is 680. The van der Waals surface area contributed by atoms with Crippen molar-refractivity contribution >= 4 is 23.2 Å². The summed E-state index contributed by atoms with van der Waals surface area (Å²) < 4.78 is 0. The zero-order valence-electron chi connectivity index (χ0n) is 18.4. The van der Waals surface area contributed by atoms with Gasteiger partial charge < -0.3 is 14.7 Å². The summed E-state index contributed by atoms with van der Waals surface area (Å²) in [5.74, 6) is 0.980. The molecule has 2 heterocycles.